The molecule has 0 saturated carbocycles. The third kappa shape index (κ3) is 1.95. The highest BCUT2D eigenvalue weighted by Gasteiger charge is 2.21. The van der Waals surface area contributed by atoms with Crippen LogP contribution in [0.4, 0.5) is 0 Å². The molecule has 1 aliphatic heterocycles. The molecule has 0 fully saturated rings. The number of imidazole rings is 1. The van der Waals surface area contributed by atoms with Gasteiger partial charge in [0.1, 0.15) is 12.4 Å². The minimum Gasteiger partial charge on any atom is -0.368 e. The minimum absolute atomic E-state index is 0.246. The first-order valence-electron chi connectivity index (χ1n) is 5.66. The van der Waals surface area contributed by atoms with E-state index in [4.69, 9.17) is 5.73 Å². The monoisotopic (exact) mass is 222 g/mol. The molecule has 3 N–H and O–H groups in total. The van der Waals surface area contributed by atoms with Gasteiger partial charge in [0.25, 0.3) is 0 Å². The second-order valence-corrected chi connectivity index (χ2v) is 4.50. The van der Waals surface area contributed by atoms with Crippen LogP contribution in [-0.2, 0) is 24.3 Å². The summed E-state index contributed by atoms with van der Waals surface area (Å²) in [6.07, 6.45) is 0.919. The summed E-state index contributed by atoms with van der Waals surface area (Å²) in [5, 5.41) is 3.28. The molecule has 0 radical (unpaired) electrons. The Morgan fingerprint density at radius 3 is 3.00 bits per heavy atom. The number of nitrogens with one attached hydrogen (secondary N) is 1. The molecular formula is C11H18N4O. The summed E-state index contributed by atoms with van der Waals surface area (Å²) in [6.45, 7) is 6.14. The Morgan fingerprint density at radius 2 is 2.38 bits per heavy atom. The average Bonchev–Trinajstić information content (AvgIpc) is 2.57. The molecule has 0 bridgehead atoms. The lowest BCUT2D eigenvalue weighted by Gasteiger charge is -2.15. The number of fused-ring (bicyclic) bond motifs is 1. The number of rotatable bonds is 3. The fraction of sp³-hybridized carbons (Fsp3) is 0.636. The zero-order valence-electron chi connectivity index (χ0n) is 9.79. The van der Waals surface area contributed by atoms with Gasteiger partial charge in [0.2, 0.25) is 5.91 Å². The zero-order valence-corrected chi connectivity index (χ0v) is 9.79. The van der Waals surface area contributed by atoms with Crippen molar-refractivity contribution in [2.45, 2.75) is 39.3 Å². The summed E-state index contributed by atoms with van der Waals surface area (Å²) in [5.41, 5.74) is 7.52. The quantitative estimate of drug-likeness (QED) is 0.764. The van der Waals surface area contributed by atoms with Crippen molar-refractivity contribution in [1.82, 2.24) is 14.9 Å². The lowest BCUT2D eigenvalue weighted by molar-refractivity contribution is -0.118. The second-order valence-electron chi connectivity index (χ2n) is 4.50. The SMILES string of the molecule is CC(C)c1nc2c(n1CC(N)=O)CCNC2. The summed E-state index contributed by atoms with van der Waals surface area (Å²) in [5.74, 6) is 0.970. The molecule has 0 aromatic carbocycles. The molecule has 0 unspecified atom stereocenters. The van der Waals surface area contributed by atoms with E-state index in [2.05, 4.69) is 24.1 Å². The highest BCUT2D eigenvalue weighted by molar-refractivity contribution is 5.73. The minimum atomic E-state index is -0.305. The first kappa shape index (κ1) is 11.1. The Balaban J connectivity index is 2.44. The number of hydrogen-bond acceptors (Lipinski definition) is 3. The smallest absolute Gasteiger partial charge is 0.237 e. The Hall–Kier alpha value is -1.36. The number of nitrogens with two attached hydrogens (primary N) is 1. The van der Waals surface area contributed by atoms with E-state index in [1.807, 2.05) is 4.57 Å². The van der Waals surface area contributed by atoms with Gasteiger partial charge in [-0.15, -0.1) is 0 Å². The fourth-order valence-electron chi connectivity index (χ4n) is 2.16. The van der Waals surface area contributed by atoms with Crippen LogP contribution in [0.5, 0.6) is 0 Å². The van der Waals surface area contributed by atoms with Crippen LogP contribution in [0, 0.1) is 0 Å². The van der Waals surface area contributed by atoms with E-state index in [0.29, 0.717) is 5.92 Å². The lowest BCUT2D eigenvalue weighted by atomic mass is 10.2. The summed E-state index contributed by atoms with van der Waals surface area (Å²) in [6, 6.07) is 0. The van der Waals surface area contributed by atoms with Gasteiger partial charge in [0, 0.05) is 31.1 Å². The van der Waals surface area contributed by atoms with Crippen LogP contribution < -0.4 is 11.1 Å². The maximum Gasteiger partial charge on any atom is 0.237 e. The van der Waals surface area contributed by atoms with Gasteiger partial charge in [0.15, 0.2) is 0 Å². The summed E-state index contributed by atoms with van der Waals surface area (Å²) < 4.78 is 1.99. The van der Waals surface area contributed by atoms with Crippen LogP contribution in [0.1, 0.15) is 37.0 Å². The van der Waals surface area contributed by atoms with Gasteiger partial charge in [-0.3, -0.25) is 4.79 Å². The number of carbonyl (C=O) groups excluding carboxylic acids is 1. The molecular weight excluding hydrogens is 204 g/mol. The van der Waals surface area contributed by atoms with Crippen molar-refractivity contribution in [3.05, 3.63) is 17.2 Å². The number of hydrogen-bond donors (Lipinski definition) is 2. The van der Waals surface area contributed by atoms with Crippen LogP contribution in [0.25, 0.3) is 0 Å². The topological polar surface area (TPSA) is 72.9 Å². The molecule has 0 atom stereocenters. The van der Waals surface area contributed by atoms with Crippen molar-refractivity contribution < 1.29 is 4.79 Å². The van der Waals surface area contributed by atoms with E-state index in [1.165, 1.54) is 5.69 Å². The van der Waals surface area contributed by atoms with Crippen LogP contribution >= 0.6 is 0 Å². The Labute approximate surface area is 95.0 Å². The number of carbonyl (C=O) groups is 1. The van der Waals surface area contributed by atoms with Crippen molar-refractivity contribution >= 4 is 5.91 Å². The molecule has 1 aromatic heterocycles. The largest absolute Gasteiger partial charge is 0.368 e. The van der Waals surface area contributed by atoms with Crippen LogP contribution in [-0.4, -0.2) is 22.0 Å². The van der Waals surface area contributed by atoms with Gasteiger partial charge >= 0.3 is 0 Å². The number of primary amides is 1. The van der Waals surface area contributed by atoms with Gasteiger partial charge in [-0.1, -0.05) is 13.8 Å². The van der Waals surface area contributed by atoms with Crippen LogP contribution in [0.15, 0.2) is 0 Å². The highest BCUT2D eigenvalue weighted by Crippen LogP contribution is 2.21. The average molecular weight is 222 g/mol. The van der Waals surface area contributed by atoms with E-state index in [-0.39, 0.29) is 12.5 Å². The summed E-state index contributed by atoms with van der Waals surface area (Å²) in [4.78, 5) is 15.7. The molecule has 0 spiro atoms. The Morgan fingerprint density at radius 1 is 1.62 bits per heavy atom. The van der Waals surface area contributed by atoms with E-state index >= 15 is 0 Å². The van der Waals surface area contributed by atoms with Crippen LogP contribution in [0.2, 0.25) is 0 Å². The maximum absolute atomic E-state index is 11.1. The highest BCUT2D eigenvalue weighted by atomic mass is 16.1. The van der Waals surface area contributed by atoms with Crippen LogP contribution in [0.3, 0.4) is 0 Å². The number of aromatic nitrogens is 2. The molecule has 1 aliphatic rings. The van der Waals surface area contributed by atoms with E-state index in [0.717, 1.165) is 31.0 Å². The van der Waals surface area contributed by atoms with Crippen molar-refractivity contribution in [2.75, 3.05) is 6.54 Å². The van der Waals surface area contributed by atoms with Gasteiger partial charge in [-0.05, 0) is 0 Å². The van der Waals surface area contributed by atoms with Crippen molar-refractivity contribution in [3.63, 3.8) is 0 Å². The lowest BCUT2D eigenvalue weighted by Crippen LogP contribution is -2.27. The normalized spacial score (nSPS) is 15.2. The van der Waals surface area contributed by atoms with Crippen molar-refractivity contribution in [2.24, 2.45) is 5.73 Å². The summed E-state index contributed by atoms with van der Waals surface area (Å²) in [7, 11) is 0. The van der Waals surface area contributed by atoms with E-state index in [9.17, 15) is 4.79 Å². The van der Waals surface area contributed by atoms with E-state index < -0.39 is 0 Å². The van der Waals surface area contributed by atoms with Crippen molar-refractivity contribution in [3.8, 4) is 0 Å². The Bertz CT molecular complexity index is 408. The molecule has 88 valence electrons. The third-order valence-corrected chi connectivity index (χ3v) is 2.85. The number of amides is 1. The predicted octanol–water partition coefficient (Wildman–Crippen LogP) is 0.138. The van der Waals surface area contributed by atoms with Gasteiger partial charge in [0.05, 0.1) is 5.69 Å². The standard InChI is InChI=1S/C11H18N4O/c1-7(2)11-14-8-5-13-4-3-9(8)15(11)6-10(12)16/h7,13H,3-6H2,1-2H3,(H2,12,16). The Kier molecular flexibility index (Phi) is 2.96. The molecule has 16 heavy (non-hydrogen) atoms. The first-order valence-corrected chi connectivity index (χ1v) is 5.66. The maximum atomic E-state index is 11.1. The predicted molar refractivity (Wildman–Crippen MR) is 60.9 cm³/mol. The zero-order chi connectivity index (χ0) is 11.7. The van der Waals surface area contributed by atoms with Gasteiger partial charge in [-0.2, -0.15) is 0 Å². The second kappa shape index (κ2) is 4.25. The molecule has 5 nitrogen and oxygen atoms in total. The molecule has 0 saturated heterocycles. The first-order chi connectivity index (χ1) is 7.59. The van der Waals surface area contributed by atoms with Gasteiger partial charge in [-0.25, -0.2) is 4.98 Å². The summed E-state index contributed by atoms with van der Waals surface area (Å²) >= 11 is 0. The third-order valence-electron chi connectivity index (χ3n) is 2.85. The number of nitrogens with zero attached hydrogens (tertiary/aromatic N) is 2. The molecule has 1 amide bonds. The fourth-order valence-corrected chi connectivity index (χ4v) is 2.16. The molecule has 1 aromatic rings. The van der Waals surface area contributed by atoms with E-state index in [1.54, 1.807) is 0 Å². The van der Waals surface area contributed by atoms with Crippen molar-refractivity contribution in [1.29, 1.82) is 0 Å². The molecule has 2 heterocycles. The van der Waals surface area contributed by atoms with Gasteiger partial charge < -0.3 is 15.6 Å². The molecule has 5 heteroatoms. The molecule has 2 rings (SSSR count). The molecule has 0 aliphatic carbocycles.